The lowest BCUT2D eigenvalue weighted by Crippen LogP contribution is -2.33. The summed E-state index contributed by atoms with van der Waals surface area (Å²) in [5, 5.41) is 3.68. The molecule has 1 N–H and O–H groups in total. The fraction of sp³-hybridized carbons (Fsp3) is 0.211. The number of aromatic nitrogens is 1. The fourth-order valence-corrected chi connectivity index (χ4v) is 2.84. The second-order valence-corrected chi connectivity index (χ2v) is 5.68. The van der Waals surface area contributed by atoms with Gasteiger partial charge in [-0.3, -0.25) is 9.98 Å². The van der Waals surface area contributed by atoms with Gasteiger partial charge in [0.05, 0.1) is 12.7 Å². The van der Waals surface area contributed by atoms with Crippen molar-refractivity contribution in [3.8, 4) is 0 Å². The lowest BCUT2D eigenvalue weighted by Gasteiger charge is -2.26. The van der Waals surface area contributed by atoms with E-state index in [-0.39, 0.29) is 7.43 Å². The second-order valence-electron chi connectivity index (χ2n) is 5.27. The summed E-state index contributed by atoms with van der Waals surface area (Å²) >= 11 is 6.33. The average molecular weight is 358 g/mol. The van der Waals surface area contributed by atoms with Gasteiger partial charge >= 0.3 is 5.97 Å². The van der Waals surface area contributed by atoms with Gasteiger partial charge in [0.2, 0.25) is 0 Å². The largest absolute Gasteiger partial charge is 0.466 e. The van der Waals surface area contributed by atoms with Crippen molar-refractivity contribution in [3.05, 3.63) is 76.2 Å². The van der Waals surface area contributed by atoms with Gasteiger partial charge in [0.1, 0.15) is 11.7 Å². The zero-order valence-electron chi connectivity index (χ0n) is 13.3. The molecule has 25 heavy (non-hydrogen) atoms. The summed E-state index contributed by atoms with van der Waals surface area (Å²) in [6.45, 7) is 1.81. The number of amidine groups is 1. The summed E-state index contributed by atoms with van der Waals surface area (Å²) in [6, 6.07) is 12.4. The van der Waals surface area contributed by atoms with E-state index in [9.17, 15) is 4.79 Å². The van der Waals surface area contributed by atoms with Crippen molar-refractivity contribution in [1.29, 1.82) is 0 Å². The van der Waals surface area contributed by atoms with Crippen molar-refractivity contribution in [2.75, 3.05) is 7.11 Å². The molecule has 1 aliphatic rings. The van der Waals surface area contributed by atoms with E-state index in [1.165, 1.54) is 7.11 Å². The first kappa shape index (κ1) is 18.7. The first-order valence-electron chi connectivity index (χ1n) is 7.41. The van der Waals surface area contributed by atoms with Gasteiger partial charge in [0, 0.05) is 22.5 Å². The minimum absolute atomic E-state index is 0. The molecular formula is C19H20ClN3O2. The Balaban J connectivity index is 0.00000225. The number of carbonyl (C=O) groups excluding carboxylic acids is 1. The summed E-state index contributed by atoms with van der Waals surface area (Å²) in [4.78, 5) is 21.3. The van der Waals surface area contributed by atoms with Crippen LogP contribution in [0.1, 0.15) is 31.6 Å². The van der Waals surface area contributed by atoms with Gasteiger partial charge in [-0.05, 0) is 25.1 Å². The molecule has 0 fully saturated rings. The van der Waals surface area contributed by atoms with Gasteiger partial charge in [0.25, 0.3) is 0 Å². The van der Waals surface area contributed by atoms with Crippen molar-refractivity contribution in [2.45, 2.75) is 20.4 Å². The van der Waals surface area contributed by atoms with E-state index in [1.54, 1.807) is 12.3 Å². The van der Waals surface area contributed by atoms with E-state index in [1.807, 2.05) is 43.3 Å². The molecule has 1 aromatic carbocycles. The number of rotatable bonds is 3. The molecule has 0 bridgehead atoms. The number of hydrogen-bond acceptors (Lipinski definition) is 5. The van der Waals surface area contributed by atoms with Crippen LogP contribution < -0.4 is 5.32 Å². The number of benzene rings is 1. The summed E-state index contributed by atoms with van der Waals surface area (Å²) in [7, 11) is 1.35. The van der Waals surface area contributed by atoms with Crippen LogP contribution in [0.4, 0.5) is 0 Å². The highest BCUT2D eigenvalue weighted by atomic mass is 35.5. The van der Waals surface area contributed by atoms with Crippen LogP contribution in [-0.2, 0) is 9.53 Å². The molecule has 2 heterocycles. The lowest BCUT2D eigenvalue weighted by atomic mass is 9.95. The number of aliphatic imine (C=N–C) groups is 1. The third-order valence-electron chi connectivity index (χ3n) is 3.75. The maximum Gasteiger partial charge on any atom is 0.338 e. The van der Waals surface area contributed by atoms with Crippen LogP contribution in [0.2, 0.25) is 5.02 Å². The zero-order valence-corrected chi connectivity index (χ0v) is 14.0. The Morgan fingerprint density at radius 1 is 1.20 bits per heavy atom. The Bertz CT molecular complexity index is 832. The highest BCUT2D eigenvalue weighted by molar-refractivity contribution is 6.31. The molecule has 0 saturated heterocycles. The number of halogens is 1. The van der Waals surface area contributed by atoms with Gasteiger partial charge in [0.15, 0.2) is 5.84 Å². The number of hydrogen-bond donors (Lipinski definition) is 1. The van der Waals surface area contributed by atoms with E-state index >= 15 is 0 Å². The van der Waals surface area contributed by atoms with Crippen molar-refractivity contribution < 1.29 is 9.53 Å². The van der Waals surface area contributed by atoms with Gasteiger partial charge < -0.3 is 10.1 Å². The van der Waals surface area contributed by atoms with Crippen LogP contribution in [0.25, 0.3) is 0 Å². The third-order valence-corrected chi connectivity index (χ3v) is 4.10. The fourth-order valence-electron chi connectivity index (χ4n) is 2.61. The molecule has 0 amide bonds. The summed E-state index contributed by atoms with van der Waals surface area (Å²) in [6.07, 6.45) is 1.69. The number of nitrogens with one attached hydrogen (secondary N) is 1. The number of allylic oxidation sites excluding steroid dienone is 1. The zero-order chi connectivity index (χ0) is 17.1. The Hall–Kier alpha value is -2.66. The Labute approximate surface area is 152 Å². The minimum Gasteiger partial charge on any atom is -0.466 e. The van der Waals surface area contributed by atoms with Crippen molar-refractivity contribution in [3.63, 3.8) is 0 Å². The molecule has 0 saturated carbocycles. The highest BCUT2D eigenvalue weighted by Crippen LogP contribution is 2.35. The number of pyridine rings is 1. The van der Waals surface area contributed by atoms with E-state index in [0.717, 1.165) is 5.56 Å². The van der Waals surface area contributed by atoms with Crippen LogP contribution in [0.15, 0.2) is 64.9 Å². The van der Waals surface area contributed by atoms with Gasteiger partial charge in [-0.2, -0.15) is 0 Å². The smallest absolute Gasteiger partial charge is 0.338 e. The van der Waals surface area contributed by atoms with Crippen LogP contribution in [-0.4, -0.2) is 23.9 Å². The summed E-state index contributed by atoms with van der Waals surface area (Å²) < 4.78 is 4.93. The Kier molecular flexibility index (Phi) is 5.93. The number of ether oxygens (including phenoxy) is 1. The standard InChI is InChI=1S/C18H16ClN3O2.CH4/c1-11-15(18(23)24-2)16(12-7-3-4-8-13(12)19)22-17(21-11)14-9-5-6-10-20-14;/h3-10,16H,1-2H3,(H,21,22);1H4. The SMILES string of the molecule is C.COC(=O)C1=C(C)NC(c2ccccn2)=NC1c1ccccc1Cl. The highest BCUT2D eigenvalue weighted by Gasteiger charge is 2.31. The van der Waals surface area contributed by atoms with E-state index in [0.29, 0.717) is 27.8 Å². The Morgan fingerprint density at radius 2 is 1.92 bits per heavy atom. The third kappa shape index (κ3) is 3.72. The monoisotopic (exact) mass is 357 g/mol. The van der Waals surface area contributed by atoms with Crippen molar-refractivity contribution in [1.82, 2.24) is 10.3 Å². The molecule has 1 atom stereocenters. The summed E-state index contributed by atoms with van der Waals surface area (Å²) in [5.41, 5.74) is 2.54. The molecule has 130 valence electrons. The molecule has 0 spiro atoms. The normalized spacial score (nSPS) is 16.4. The number of esters is 1. The Morgan fingerprint density at radius 3 is 2.56 bits per heavy atom. The van der Waals surface area contributed by atoms with Gasteiger partial charge in [-0.25, -0.2) is 4.79 Å². The molecular weight excluding hydrogens is 338 g/mol. The van der Waals surface area contributed by atoms with Gasteiger partial charge in [-0.15, -0.1) is 0 Å². The van der Waals surface area contributed by atoms with Crippen LogP contribution in [0.5, 0.6) is 0 Å². The van der Waals surface area contributed by atoms with E-state index < -0.39 is 12.0 Å². The molecule has 2 aromatic rings. The van der Waals surface area contributed by atoms with Crippen LogP contribution >= 0.6 is 11.6 Å². The van der Waals surface area contributed by atoms with Crippen LogP contribution in [0, 0.1) is 0 Å². The lowest BCUT2D eigenvalue weighted by molar-refractivity contribution is -0.136. The predicted octanol–water partition coefficient (Wildman–Crippen LogP) is 3.91. The maximum atomic E-state index is 12.3. The molecule has 1 aliphatic heterocycles. The number of nitrogens with zero attached hydrogens (tertiary/aromatic N) is 2. The quantitative estimate of drug-likeness (QED) is 0.846. The molecule has 0 radical (unpaired) electrons. The number of carbonyl (C=O) groups is 1. The molecule has 5 nitrogen and oxygen atoms in total. The first-order valence-corrected chi connectivity index (χ1v) is 7.79. The van der Waals surface area contributed by atoms with Crippen LogP contribution in [0.3, 0.4) is 0 Å². The maximum absolute atomic E-state index is 12.3. The molecule has 6 heteroatoms. The molecule has 3 rings (SSSR count). The predicted molar refractivity (Wildman–Crippen MR) is 99.5 cm³/mol. The first-order chi connectivity index (χ1) is 11.6. The minimum atomic E-state index is -0.551. The molecule has 1 aromatic heterocycles. The van der Waals surface area contributed by atoms with Crippen molar-refractivity contribution in [2.24, 2.45) is 4.99 Å². The molecule has 1 unspecified atom stereocenters. The molecule has 0 aliphatic carbocycles. The summed E-state index contributed by atoms with van der Waals surface area (Å²) in [5.74, 6) is 0.152. The van der Waals surface area contributed by atoms with Crippen molar-refractivity contribution >= 4 is 23.4 Å². The van der Waals surface area contributed by atoms with E-state index in [4.69, 9.17) is 16.3 Å². The number of methoxy groups -OCH3 is 1. The van der Waals surface area contributed by atoms with E-state index in [2.05, 4.69) is 15.3 Å². The second kappa shape index (κ2) is 7.94. The average Bonchev–Trinajstić information content (AvgIpc) is 2.61. The topological polar surface area (TPSA) is 63.6 Å². The van der Waals surface area contributed by atoms with Gasteiger partial charge in [-0.1, -0.05) is 43.3 Å².